The Hall–Kier alpha value is -2.30. The second kappa shape index (κ2) is 9.68. The zero-order chi connectivity index (χ0) is 23.5. The number of likely N-dealkylation sites (tertiary alicyclic amines) is 1. The lowest BCUT2D eigenvalue weighted by Gasteiger charge is -2.25. The minimum absolute atomic E-state index is 0.115. The first-order chi connectivity index (χ1) is 15.0. The van der Waals surface area contributed by atoms with Gasteiger partial charge < -0.3 is 9.64 Å². The molecule has 11 heteroatoms. The molecular formula is C21H22ClF3N2O4S. The van der Waals surface area contributed by atoms with Crippen molar-refractivity contribution < 1.29 is 31.1 Å². The zero-order valence-corrected chi connectivity index (χ0v) is 18.7. The van der Waals surface area contributed by atoms with Gasteiger partial charge in [0, 0.05) is 19.5 Å². The number of hydrogen-bond donors (Lipinski definition) is 1. The molecule has 0 aromatic heterocycles. The van der Waals surface area contributed by atoms with Gasteiger partial charge in [-0.2, -0.15) is 13.2 Å². The summed E-state index contributed by atoms with van der Waals surface area (Å²) in [6.45, 7) is 0.311. The van der Waals surface area contributed by atoms with Crippen molar-refractivity contribution in [1.29, 1.82) is 0 Å². The number of carbonyl (C=O) groups excluding carboxylic acids is 1. The number of ether oxygens (including phenoxy) is 1. The van der Waals surface area contributed by atoms with Crippen molar-refractivity contribution in [1.82, 2.24) is 9.62 Å². The van der Waals surface area contributed by atoms with E-state index >= 15 is 0 Å². The minimum atomic E-state index is -4.79. The number of sulfonamides is 1. The van der Waals surface area contributed by atoms with Gasteiger partial charge in [0.25, 0.3) is 0 Å². The molecule has 1 N–H and O–H groups in total. The van der Waals surface area contributed by atoms with Crippen molar-refractivity contribution in [3.63, 3.8) is 0 Å². The summed E-state index contributed by atoms with van der Waals surface area (Å²) in [6.07, 6.45) is -3.30. The van der Waals surface area contributed by atoms with Gasteiger partial charge in [-0.3, -0.25) is 4.79 Å². The molecule has 32 heavy (non-hydrogen) atoms. The van der Waals surface area contributed by atoms with Gasteiger partial charge in [-0.1, -0.05) is 23.7 Å². The quantitative estimate of drug-likeness (QED) is 0.624. The van der Waals surface area contributed by atoms with Gasteiger partial charge in [0.1, 0.15) is 5.75 Å². The van der Waals surface area contributed by atoms with E-state index in [1.807, 2.05) is 24.3 Å². The van der Waals surface area contributed by atoms with E-state index in [2.05, 4.69) is 4.72 Å². The first kappa shape index (κ1) is 24.3. The summed E-state index contributed by atoms with van der Waals surface area (Å²) >= 11 is 5.54. The third-order valence-electron chi connectivity index (χ3n) is 5.26. The second-order valence-corrected chi connectivity index (χ2v) is 9.48. The van der Waals surface area contributed by atoms with Crippen molar-refractivity contribution in [2.75, 3.05) is 20.2 Å². The van der Waals surface area contributed by atoms with Gasteiger partial charge >= 0.3 is 6.18 Å². The van der Waals surface area contributed by atoms with Crippen LogP contribution in [0.3, 0.4) is 0 Å². The lowest BCUT2D eigenvalue weighted by atomic mass is 10.0. The Bertz CT molecular complexity index is 1080. The van der Waals surface area contributed by atoms with Gasteiger partial charge in [-0.05, 0) is 48.7 Å². The standard InChI is InChI=1S/C21H22ClF3N2O4S/c1-31-15-6-4-14(5-7-15)19-3-2-12-27(19)20(28)10-11-26-32(29,30)16-8-9-18(22)17(13-16)21(23,24)25/h4-9,13,19,26H,2-3,10-12H2,1H3. The van der Waals surface area contributed by atoms with Crippen LogP contribution in [0.15, 0.2) is 47.4 Å². The number of rotatable bonds is 7. The normalized spacial score (nSPS) is 16.9. The number of benzene rings is 2. The molecule has 6 nitrogen and oxygen atoms in total. The van der Waals surface area contributed by atoms with Crippen LogP contribution in [0, 0.1) is 0 Å². The van der Waals surface area contributed by atoms with E-state index < -0.39 is 31.7 Å². The maximum absolute atomic E-state index is 13.0. The molecule has 0 aliphatic carbocycles. The highest BCUT2D eigenvalue weighted by atomic mass is 35.5. The molecule has 1 unspecified atom stereocenters. The maximum Gasteiger partial charge on any atom is 0.417 e. The fourth-order valence-corrected chi connectivity index (χ4v) is 4.93. The molecule has 1 aliphatic heterocycles. The van der Waals surface area contributed by atoms with Crippen molar-refractivity contribution >= 4 is 27.5 Å². The van der Waals surface area contributed by atoms with Crippen molar-refractivity contribution in [2.45, 2.75) is 36.4 Å². The Kier molecular flexibility index (Phi) is 7.36. The highest BCUT2D eigenvalue weighted by Crippen LogP contribution is 2.36. The predicted molar refractivity (Wildman–Crippen MR) is 113 cm³/mol. The highest BCUT2D eigenvalue weighted by Gasteiger charge is 2.35. The van der Waals surface area contributed by atoms with E-state index in [1.54, 1.807) is 12.0 Å². The van der Waals surface area contributed by atoms with Crippen LogP contribution < -0.4 is 9.46 Å². The Morgan fingerprint density at radius 2 is 1.91 bits per heavy atom. The van der Waals surface area contributed by atoms with Crippen LogP contribution in [-0.4, -0.2) is 39.4 Å². The summed E-state index contributed by atoms with van der Waals surface area (Å²) in [4.78, 5) is 13.8. The number of methoxy groups -OCH3 is 1. The van der Waals surface area contributed by atoms with Crippen LogP contribution in [0.4, 0.5) is 13.2 Å². The van der Waals surface area contributed by atoms with E-state index in [1.165, 1.54) is 0 Å². The van der Waals surface area contributed by atoms with E-state index in [0.717, 1.165) is 30.5 Å². The summed E-state index contributed by atoms with van der Waals surface area (Å²) < 4.78 is 71.2. The van der Waals surface area contributed by atoms with Crippen LogP contribution in [0.5, 0.6) is 5.75 Å². The smallest absolute Gasteiger partial charge is 0.417 e. The Morgan fingerprint density at radius 3 is 2.53 bits per heavy atom. The summed E-state index contributed by atoms with van der Waals surface area (Å²) in [6, 6.07) is 9.63. The van der Waals surface area contributed by atoms with Gasteiger partial charge in [-0.25, -0.2) is 13.1 Å². The monoisotopic (exact) mass is 490 g/mol. The van der Waals surface area contributed by atoms with E-state index in [0.29, 0.717) is 18.4 Å². The molecule has 3 rings (SSSR count). The minimum Gasteiger partial charge on any atom is -0.497 e. The Labute approximate surface area is 189 Å². The number of carbonyl (C=O) groups is 1. The largest absolute Gasteiger partial charge is 0.497 e. The molecule has 0 saturated carbocycles. The number of halogens is 4. The highest BCUT2D eigenvalue weighted by molar-refractivity contribution is 7.89. The van der Waals surface area contributed by atoms with Crippen LogP contribution in [0.2, 0.25) is 5.02 Å². The average molecular weight is 491 g/mol. The number of amides is 1. The number of hydrogen-bond acceptors (Lipinski definition) is 4. The van der Waals surface area contributed by atoms with Crippen molar-refractivity contribution in [2.24, 2.45) is 0 Å². The van der Waals surface area contributed by atoms with Crippen LogP contribution in [0.1, 0.15) is 36.4 Å². The number of nitrogens with one attached hydrogen (secondary N) is 1. The van der Waals surface area contributed by atoms with Crippen LogP contribution in [-0.2, 0) is 21.0 Å². The second-order valence-electron chi connectivity index (χ2n) is 7.31. The molecule has 1 heterocycles. The zero-order valence-electron chi connectivity index (χ0n) is 17.2. The van der Waals surface area contributed by atoms with Gasteiger partial charge in [0.2, 0.25) is 15.9 Å². The van der Waals surface area contributed by atoms with E-state index in [-0.39, 0.29) is 24.9 Å². The molecular weight excluding hydrogens is 469 g/mol. The lowest BCUT2D eigenvalue weighted by Crippen LogP contribution is -2.34. The molecule has 1 aliphatic rings. The fourth-order valence-electron chi connectivity index (χ4n) is 3.65. The third kappa shape index (κ3) is 5.54. The maximum atomic E-state index is 13.0. The summed E-state index contributed by atoms with van der Waals surface area (Å²) in [5.74, 6) is 0.466. The van der Waals surface area contributed by atoms with E-state index in [9.17, 15) is 26.4 Å². The molecule has 0 radical (unpaired) electrons. The molecule has 0 bridgehead atoms. The Balaban J connectivity index is 1.63. The first-order valence-electron chi connectivity index (χ1n) is 9.83. The SMILES string of the molecule is COc1ccc(C2CCCN2C(=O)CCNS(=O)(=O)c2ccc(Cl)c(C(F)(F)F)c2)cc1. The summed E-state index contributed by atoms with van der Waals surface area (Å²) in [7, 11) is -2.68. The van der Waals surface area contributed by atoms with Crippen molar-refractivity contribution in [3.8, 4) is 5.75 Å². The lowest BCUT2D eigenvalue weighted by molar-refractivity contribution is -0.137. The average Bonchev–Trinajstić information content (AvgIpc) is 3.23. The van der Waals surface area contributed by atoms with E-state index in [4.69, 9.17) is 16.3 Å². The topological polar surface area (TPSA) is 75.7 Å². The van der Waals surface area contributed by atoms with Crippen molar-refractivity contribution in [3.05, 3.63) is 58.6 Å². The van der Waals surface area contributed by atoms with Gasteiger partial charge in [0.05, 0.1) is 28.6 Å². The fraction of sp³-hybridized carbons (Fsp3) is 0.381. The molecule has 0 spiro atoms. The van der Waals surface area contributed by atoms with Gasteiger partial charge in [0.15, 0.2) is 0 Å². The van der Waals surface area contributed by atoms with Crippen LogP contribution in [0.25, 0.3) is 0 Å². The molecule has 174 valence electrons. The van der Waals surface area contributed by atoms with Gasteiger partial charge in [-0.15, -0.1) is 0 Å². The molecule has 1 fully saturated rings. The number of nitrogens with zero attached hydrogens (tertiary/aromatic N) is 1. The van der Waals surface area contributed by atoms with Crippen LogP contribution >= 0.6 is 11.6 Å². The third-order valence-corrected chi connectivity index (χ3v) is 7.05. The summed E-state index contributed by atoms with van der Waals surface area (Å²) in [5, 5.41) is -0.592. The Morgan fingerprint density at radius 1 is 1.22 bits per heavy atom. The molecule has 1 saturated heterocycles. The molecule has 2 aromatic rings. The first-order valence-corrected chi connectivity index (χ1v) is 11.7. The molecule has 2 aromatic carbocycles. The number of alkyl halides is 3. The molecule has 1 amide bonds. The predicted octanol–water partition coefficient (Wildman–Crippen LogP) is 4.40. The summed E-state index contributed by atoms with van der Waals surface area (Å²) in [5.41, 5.74) is -0.282. The molecule has 1 atom stereocenters.